The number of carbonyl (C=O) groups is 1. The van der Waals surface area contributed by atoms with Crippen LogP contribution in [0, 0.1) is 11.8 Å². The largest absolute Gasteiger partial charge is 0.466 e. The molecule has 94 valence electrons. The first-order valence-corrected chi connectivity index (χ1v) is 6.88. The van der Waals surface area contributed by atoms with Crippen molar-refractivity contribution in [2.75, 3.05) is 6.61 Å². The zero-order chi connectivity index (χ0) is 11.8. The number of esters is 1. The first kappa shape index (κ1) is 13.5. The second-order valence-electron chi connectivity index (χ2n) is 5.20. The molecule has 2 nitrogen and oxygen atoms in total. The SMILES string of the molecule is CCOC(=O)C[C@H](C)CCC1CCCCC1. The molecule has 1 atom stereocenters. The monoisotopic (exact) mass is 226 g/mol. The molecule has 2 heteroatoms. The lowest BCUT2D eigenvalue weighted by molar-refractivity contribution is -0.144. The topological polar surface area (TPSA) is 26.3 Å². The number of ether oxygens (including phenoxy) is 1. The zero-order valence-electron chi connectivity index (χ0n) is 10.8. The smallest absolute Gasteiger partial charge is 0.306 e. The summed E-state index contributed by atoms with van der Waals surface area (Å²) in [5.74, 6) is 1.39. The molecule has 0 aromatic rings. The van der Waals surface area contributed by atoms with Crippen molar-refractivity contribution in [2.24, 2.45) is 11.8 Å². The molecule has 0 aromatic heterocycles. The van der Waals surface area contributed by atoms with Crippen molar-refractivity contribution in [1.29, 1.82) is 0 Å². The molecule has 1 aliphatic rings. The molecular weight excluding hydrogens is 200 g/mol. The first-order valence-electron chi connectivity index (χ1n) is 6.88. The van der Waals surface area contributed by atoms with Gasteiger partial charge in [-0.3, -0.25) is 4.79 Å². The van der Waals surface area contributed by atoms with Gasteiger partial charge in [0, 0.05) is 6.42 Å². The molecule has 0 radical (unpaired) electrons. The van der Waals surface area contributed by atoms with Gasteiger partial charge in [-0.15, -0.1) is 0 Å². The summed E-state index contributed by atoms with van der Waals surface area (Å²) in [5.41, 5.74) is 0. The van der Waals surface area contributed by atoms with E-state index in [0.29, 0.717) is 18.9 Å². The van der Waals surface area contributed by atoms with Crippen LogP contribution in [0.25, 0.3) is 0 Å². The molecule has 0 spiro atoms. The Morgan fingerprint density at radius 1 is 1.31 bits per heavy atom. The number of carbonyl (C=O) groups excluding carboxylic acids is 1. The van der Waals surface area contributed by atoms with E-state index in [0.717, 1.165) is 5.92 Å². The van der Waals surface area contributed by atoms with E-state index >= 15 is 0 Å². The van der Waals surface area contributed by atoms with Crippen LogP contribution in [-0.2, 0) is 9.53 Å². The van der Waals surface area contributed by atoms with E-state index in [-0.39, 0.29) is 5.97 Å². The van der Waals surface area contributed by atoms with E-state index in [2.05, 4.69) is 6.92 Å². The van der Waals surface area contributed by atoms with Gasteiger partial charge in [0.25, 0.3) is 0 Å². The van der Waals surface area contributed by atoms with Gasteiger partial charge in [-0.05, 0) is 25.2 Å². The zero-order valence-corrected chi connectivity index (χ0v) is 10.8. The van der Waals surface area contributed by atoms with Gasteiger partial charge in [0.05, 0.1) is 6.61 Å². The fraction of sp³-hybridized carbons (Fsp3) is 0.929. The summed E-state index contributed by atoms with van der Waals surface area (Å²) in [6.07, 6.45) is 10.2. The highest BCUT2D eigenvalue weighted by molar-refractivity contribution is 5.69. The maximum atomic E-state index is 11.3. The Bertz CT molecular complexity index is 195. The maximum absolute atomic E-state index is 11.3. The third-order valence-electron chi connectivity index (χ3n) is 3.61. The molecule has 16 heavy (non-hydrogen) atoms. The summed E-state index contributed by atoms with van der Waals surface area (Å²) in [5, 5.41) is 0. The lowest BCUT2D eigenvalue weighted by atomic mass is 9.84. The summed E-state index contributed by atoms with van der Waals surface area (Å²) in [6.45, 7) is 4.54. The molecule has 1 fully saturated rings. The lowest BCUT2D eigenvalue weighted by Crippen LogP contribution is -2.12. The van der Waals surface area contributed by atoms with Crippen LogP contribution in [0.15, 0.2) is 0 Å². The van der Waals surface area contributed by atoms with Crippen LogP contribution >= 0.6 is 0 Å². The molecule has 0 heterocycles. The molecule has 0 saturated heterocycles. The van der Waals surface area contributed by atoms with Crippen molar-refractivity contribution >= 4 is 5.97 Å². The minimum absolute atomic E-state index is 0.0290. The summed E-state index contributed by atoms with van der Waals surface area (Å²) in [7, 11) is 0. The summed E-state index contributed by atoms with van der Waals surface area (Å²) < 4.78 is 4.97. The van der Waals surface area contributed by atoms with E-state index in [1.54, 1.807) is 0 Å². The van der Waals surface area contributed by atoms with Crippen molar-refractivity contribution in [2.45, 2.75) is 65.2 Å². The average molecular weight is 226 g/mol. The van der Waals surface area contributed by atoms with Gasteiger partial charge < -0.3 is 4.74 Å². The second-order valence-corrected chi connectivity index (χ2v) is 5.20. The Balaban J connectivity index is 2.08. The quantitative estimate of drug-likeness (QED) is 0.641. The maximum Gasteiger partial charge on any atom is 0.306 e. The van der Waals surface area contributed by atoms with E-state index in [1.807, 2.05) is 6.92 Å². The van der Waals surface area contributed by atoms with E-state index in [4.69, 9.17) is 4.74 Å². The van der Waals surface area contributed by atoms with E-state index < -0.39 is 0 Å². The van der Waals surface area contributed by atoms with Gasteiger partial charge in [-0.25, -0.2) is 0 Å². The van der Waals surface area contributed by atoms with Crippen molar-refractivity contribution in [1.82, 2.24) is 0 Å². The van der Waals surface area contributed by atoms with Gasteiger partial charge in [0.15, 0.2) is 0 Å². The standard InChI is InChI=1S/C14H26O2/c1-3-16-14(15)11-12(2)9-10-13-7-5-4-6-8-13/h12-13H,3-11H2,1-2H3/t12-/m1/s1. The van der Waals surface area contributed by atoms with Crippen LogP contribution < -0.4 is 0 Å². The van der Waals surface area contributed by atoms with Gasteiger partial charge in [-0.2, -0.15) is 0 Å². The van der Waals surface area contributed by atoms with Crippen LogP contribution in [-0.4, -0.2) is 12.6 Å². The Labute approximate surface area is 99.8 Å². The average Bonchev–Trinajstić information content (AvgIpc) is 2.28. The van der Waals surface area contributed by atoms with Crippen molar-refractivity contribution in [3.05, 3.63) is 0 Å². The normalized spacial score (nSPS) is 19.4. The molecule has 0 unspecified atom stereocenters. The van der Waals surface area contributed by atoms with Gasteiger partial charge in [0.1, 0.15) is 0 Å². The number of rotatable bonds is 6. The highest BCUT2D eigenvalue weighted by Gasteiger charge is 2.16. The third-order valence-corrected chi connectivity index (χ3v) is 3.61. The van der Waals surface area contributed by atoms with Crippen LogP contribution in [0.5, 0.6) is 0 Å². The molecule has 0 bridgehead atoms. The molecule has 1 saturated carbocycles. The lowest BCUT2D eigenvalue weighted by Gasteiger charge is -2.22. The van der Waals surface area contributed by atoms with Gasteiger partial charge in [0.2, 0.25) is 0 Å². The first-order chi connectivity index (χ1) is 7.72. The number of hydrogen-bond donors (Lipinski definition) is 0. The second kappa shape index (κ2) is 7.70. The van der Waals surface area contributed by atoms with E-state index in [9.17, 15) is 4.79 Å². The molecule has 0 amide bonds. The molecular formula is C14H26O2. The third kappa shape index (κ3) is 5.53. The molecule has 0 aromatic carbocycles. The van der Waals surface area contributed by atoms with Crippen molar-refractivity contribution < 1.29 is 9.53 Å². The summed E-state index contributed by atoms with van der Waals surface area (Å²) in [4.78, 5) is 11.3. The van der Waals surface area contributed by atoms with Crippen LogP contribution in [0.1, 0.15) is 65.2 Å². The predicted octanol–water partition coefficient (Wildman–Crippen LogP) is 3.94. The Hall–Kier alpha value is -0.530. The van der Waals surface area contributed by atoms with Crippen molar-refractivity contribution in [3.8, 4) is 0 Å². The molecule has 1 rings (SSSR count). The highest BCUT2D eigenvalue weighted by atomic mass is 16.5. The van der Waals surface area contributed by atoms with Crippen LogP contribution in [0.2, 0.25) is 0 Å². The van der Waals surface area contributed by atoms with Crippen LogP contribution in [0.4, 0.5) is 0 Å². The fourth-order valence-electron chi connectivity index (χ4n) is 2.60. The predicted molar refractivity (Wildman–Crippen MR) is 66.2 cm³/mol. The molecule has 1 aliphatic carbocycles. The highest BCUT2D eigenvalue weighted by Crippen LogP contribution is 2.29. The Morgan fingerprint density at radius 2 is 2.00 bits per heavy atom. The van der Waals surface area contributed by atoms with Crippen LogP contribution in [0.3, 0.4) is 0 Å². The Morgan fingerprint density at radius 3 is 2.62 bits per heavy atom. The summed E-state index contributed by atoms with van der Waals surface area (Å²) in [6, 6.07) is 0. The minimum Gasteiger partial charge on any atom is -0.466 e. The van der Waals surface area contributed by atoms with Crippen molar-refractivity contribution in [3.63, 3.8) is 0 Å². The van der Waals surface area contributed by atoms with Gasteiger partial charge in [-0.1, -0.05) is 45.4 Å². The number of hydrogen-bond acceptors (Lipinski definition) is 2. The molecule has 0 N–H and O–H groups in total. The summed E-state index contributed by atoms with van der Waals surface area (Å²) >= 11 is 0. The van der Waals surface area contributed by atoms with E-state index in [1.165, 1.54) is 44.9 Å². The molecule has 0 aliphatic heterocycles. The Kier molecular flexibility index (Phi) is 6.51. The minimum atomic E-state index is -0.0290. The fourth-order valence-corrected chi connectivity index (χ4v) is 2.60. The van der Waals surface area contributed by atoms with Gasteiger partial charge >= 0.3 is 5.97 Å².